The molecule has 0 bridgehead atoms. The molecule has 4 nitrogen and oxygen atoms in total. The Morgan fingerprint density at radius 1 is 1.83 bits per heavy atom. The average Bonchev–Trinajstić information content (AvgIpc) is 2.51. The molecule has 1 aliphatic carbocycles. The van der Waals surface area contributed by atoms with E-state index in [9.17, 15) is 4.79 Å². The number of carbonyl (C=O) groups is 1. The van der Waals surface area contributed by atoms with Crippen molar-refractivity contribution in [2.24, 2.45) is 11.1 Å². The average molecular weight is 171 g/mol. The molecule has 0 heterocycles. The van der Waals surface area contributed by atoms with Gasteiger partial charge in [0.1, 0.15) is 0 Å². The van der Waals surface area contributed by atoms with Crippen molar-refractivity contribution in [1.29, 1.82) is 0 Å². The van der Waals surface area contributed by atoms with E-state index in [2.05, 4.69) is 5.16 Å². The first-order valence-corrected chi connectivity index (χ1v) is 4.17. The molecule has 0 aromatic carbocycles. The van der Waals surface area contributed by atoms with Crippen molar-refractivity contribution >= 4 is 11.7 Å². The van der Waals surface area contributed by atoms with Crippen LogP contribution in [-0.2, 0) is 9.53 Å². The largest absolute Gasteiger partial charge is 0.465 e. The van der Waals surface area contributed by atoms with Gasteiger partial charge in [0, 0.05) is 0 Å². The van der Waals surface area contributed by atoms with Gasteiger partial charge in [0.25, 0.3) is 0 Å². The minimum Gasteiger partial charge on any atom is -0.465 e. The maximum absolute atomic E-state index is 11.2. The van der Waals surface area contributed by atoms with E-state index in [-0.39, 0.29) is 11.9 Å². The summed E-state index contributed by atoms with van der Waals surface area (Å²) in [6.45, 7) is 2.15. The van der Waals surface area contributed by atoms with Crippen LogP contribution < -0.4 is 0 Å². The summed E-state index contributed by atoms with van der Waals surface area (Å²) >= 11 is 0. The van der Waals surface area contributed by atoms with E-state index in [4.69, 9.17) is 9.94 Å². The van der Waals surface area contributed by atoms with Gasteiger partial charge in [0.2, 0.25) is 0 Å². The molecule has 1 rings (SSSR count). The van der Waals surface area contributed by atoms with Gasteiger partial charge >= 0.3 is 5.97 Å². The van der Waals surface area contributed by atoms with Crippen molar-refractivity contribution in [1.82, 2.24) is 0 Å². The Kier molecular flexibility index (Phi) is 3.08. The molecule has 0 aromatic rings. The van der Waals surface area contributed by atoms with E-state index in [0.29, 0.717) is 18.7 Å². The molecule has 0 aromatic heterocycles. The lowest BCUT2D eigenvalue weighted by Crippen LogP contribution is -2.21. The molecule has 0 amide bonds. The minimum atomic E-state index is -0.296. The Balaban J connectivity index is 2.56. The molecule has 0 aliphatic heterocycles. The molecule has 1 atom stereocenters. The molecule has 1 aliphatic rings. The van der Waals surface area contributed by atoms with Gasteiger partial charge in [-0.3, -0.25) is 4.79 Å². The fourth-order valence-electron chi connectivity index (χ4n) is 1.44. The number of hydrogen-bond acceptors (Lipinski definition) is 4. The highest BCUT2D eigenvalue weighted by Gasteiger charge is 2.30. The van der Waals surface area contributed by atoms with Crippen LogP contribution >= 0.6 is 0 Å². The van der Waals surface area contributed by atoms with Crippen molar-refractivity contribution in [3.05, 3.63) is 0 Å². The van der Waals surface area contributed by atoms with E-state index in [0.717, 1.165) is 12.8 Å². The quantitative estimate of drug-likeness (QED) is 0.385. The van der Waals surface area contributed by atoms with Gasteiger partial charge in [-0.25, -0.2) is 0 Å². The SMILES string of the molecule is CCOC(=O)C1CCC/C1=N\O. The number of rotatable bonds is 2. The van der Waals surface area contributed by atoms with Crippen LogP contribution in [0.4, 0.5) is 0 Å². The van der Waals surface area contributed by atoms with E-state index in [1.165, 1.54) is 0 Å². The molecule has 0 spiro atoms. The van der Waals surface area contributed by atoms with Gasteiger partial charge < -0.3 is 9.94 Å². The standard InChI is InChI=1S/C8H13NO3/c1-2-12-8(10)6-4-3-5-7(6)9-11/h6,11H,2-5H2,1H3/b9-7+. The van der Waals surface area contributed by atoms with E-state index < -0.39 is 0 Å². The minimum absolute atomic E-state index is 0.261. The third-order valence-electron chi connectivity index (χ3n) is 2.03. The second-order valence-corrected chi connectivity index (χ2v) is 2.79. The molecule has 68 valence electrons. The summed E-state index contributed by atoms with van der Waals surface area (Å²) in [4.78, 5) is 11.2. The van der Waals surface area contributed by atoms with E-state index in [1.54, 1.807) is 6.92 Å². The lowest BCUT2D eigenvalue weighted by atomic mass is 10.1. The topological polar surface area (TPSA) is 58.9 Å². The highest BCUT2D eigenvalue weighted by atomic mass is 16.5. The van der Waals surface area contributed by atoms with Crippen LogP contribution in [0, 0.1) is 5.92 Å². The van der Waals surface area contributed by atoms with Crippen LogP contribution in [0.25, 0.3) is 0 Å². The number of esters is 1. The first-order chi connectivity index (χ1) is 5.79. The van der Waals surface area contributed by atoms with Gasteiger partial charge in [-0.05, 0) is 26.2 Å². The first kappa shape index (κ1) is 9.03. The summed E-state index contributed by atoms with van der Waals surface area (Å²) in [5, 5.41) is 11.6. The molecular weight excluding hydrogens is 158 g/mol. The van der Waals surface area contributed by atoms with Crippen LogP contribution in [-0.4, -0.2) is 23.5 Å². The fraction of sp³-hybridized carbons (Fsp3) is 0.750. The molecule has 1 N–H and O–H groups in total. The lowest BCUT2D eigenvalue weighted by Gasteiger charge is -2.07. The normalized spacial score (nSPS) is 26.1. The van der Waals surface area contributed by atoms with Crippen molar-refractivity contribution in [2.45, 2.75) is 26.2 Å². The summed E-state index contributed by atoms with van der Waals surface area (Å²) in [7, 11) is 0. The Hall–Kier alpha value is -1.06. The fourth-order valence-corrected chi connectivity index (χ4v) is 1.44. The van der Waals surface area contributed by atoms with Gasteiger partial charge in [0.15, 0.2) is 0 Å². The molecule has 12 heavy (non-hydrogen) atoms. The Labute approximate surface area is 71.2 Å². The van der Waals surface area contributed by atoms with Gasteiger partial charge in [0.05, 0.1) is 18.2 Å². The van der Waals surface area contributed by atoms with Crippen LogP contribution in [0.1, 0.15) is 26.2 Å². The Bertz CT molecular complexity index is 200. The summed E-state index contributed by atoms with van der Waals surface area (Å²) in [5.41, 5.74) is 0.563. The zero-order valence-electron chi connectivity index (χ0n) is 7.12. The number of hydrogen-bond donors (Lipinski definition) is 1. The first-order valence-electron chi connectivity index (χ1n) is 4.17. The Morgan fingerprint density at radius 2 is 2.58 bits per heavy atom. The summed E-state index contributed by atoms with van der Waals surface area (Å²) in [6.07, 6.45) is 2.36. The highest BCUT2D eigenvalue weighted by Crippen LogP contribution is 2.23. The van der Waals surface area contributed by atoms with E-state index in [1.807, 2.05) is 0 Å². The van der Waals surface area contributed by atoms with Crippen molar-refractivity contribution < 1.29 is 14.7 Å². The molecule has 0 radical (unpaired) electrons. The summed E-state index contributed by atoms with van der Waals surface area (Å²) in [6, 6.07) is 0. The van der Waals surface area contributed by atoms with Crippen molar-refractivity contribution in [3.63, 3.8) is 0 Å². The number of ether oxygens (including phenoxy) is 1. The lowest BCUT2D eigenvalue weighted by molar-refractivity contribution is -0.145. The third kappa shape index (κ3) is 1.75. The molecule has 1 saturated carbocycles. The van der Waals surface area contributed by atoms with Crippen LogP contribution in [0.2, 0.25) is 0 Å². The number of oxime groups is 1. The van der Waals surface area contributed by atoms with Gasteiger partial charge in [-0.2, -0.15) is 0 Å². The highest BCUT2D eigenvalue weighted by molar-refractivity contribution is 6.03. The second kappa shape index (κ2) is 4.09. The molecule has 1 fully saturated rings. The predicted octanol–water partition coefficient (Wildman–Crippen LogP) is 1.18. The molecular formula is C8H13NO3. The van der Waals surface area contributed by atoms with Crippen molar-refractivity contribution in [3.8, 4) is 0 Å². The van der Waals surface area contributed by atoms with Crippen LogP contribution in [0.5, 0.6) is 0 Å². The van der Waals surface area contributed by atoms with Crippen LogP contribution in [0.3, 0.4) is 0 Å². The van der Waals surface area contributed by atoms with E-state index >= 15 is 0 Å². The number of carbonyl (C=O) groups excluding carboxylic acids is 1. The summed E-state index contributed by atoms with van der Waals surface area (Å²) < 4.78 is 4.83. The number of nitrogens with zero attached hydrogens (tertiary/aromatic N) is 1. The van der Waals surface area contributed by atoms with Gasteiger partial charge in [-0.15, -0.1) is 0 Å². The zero-order valence-corrected chi connectivity index (χ0v) is 7.12. The third-order valence-corrected chi connectivity index (χ3v) is 2.03. The van der Waals surface area contributed by atoms with Gasteiger partial charge in [-0.1, -0.05) is 5.16 Å². The van der Waals surface area contributed by atoms with Crippen LogP contribution in [0.15, 0.2) is 5.16 Å². The second-order valence-electron chi connectivity index (χ2n) is 2.79. The predicted molar refractivity (Wildman–Crippen MR) is 43.2 cm³/mol. The summed E-state index contributed by atoms with van der Waals surface area (Å²) in [5.74, 6) is -0.558. The Morgan fingerprint density at radius 3 is 3.17 bits per heavy atom. The maximum Gasteiger partial charge on any atom is 0.314 e. The molecule has 4 heteroatoms. The molecule has 1 unspecified atom stereocenters. The maximum atomic E-state index is 11.2. The van der Waals surface area contributed by atoms with Crippen molar-refractivity contribution in [2.75, 3.05) is 6.61 Å². The monoisotopic (exact) mass is 171 g/mol. The smallest absolute Gasteiger partial charge is 0.314 e. The zero-order chi connectivity index (χ0) is 8.97. The molecule has 0 saturated heterocycles.